The van der Waals surface area contributed by atoms with Crippen LogP contribution in [0, 0.1) is 6.92 Å². The number of nitrogens with one attached hydrogen (secondary N) is 1. The number of halogens is 1. The SMILES string of the molecule is CCCN(CC(=O)N1CCc2sccc2[C@@H]1COc1ccc(Cl)c(C)c1)C(=O)NCC. The molecular formula is C23H30ClN3O3S. The van der Waals surface area contributed by atoms with Crippen LogP contribution < -0.4 is 10.1 Å². The first kappa shape index (κ1) is 23.4. The molecule has 1 aromatic heterocycles. The number of fused-ring (bicyclic) bond motifs is 1. The van der Waals surface area contributed by atoms with Crippen molar-refractivity contribution >= 4 is 34.9 Å². The number of nitrogens with zero attached hydrogens (tertiary/aromatic N) is 2. The van der Waals surface area contributed by atoms with E-state index in [2.05, 4.69) is 16.8 Å². The van der Waals surface area contributed by atoms with Gasteiger partial charge in [-0.3, -0.25) is 4.79 Å². The number of amides is 3. The van der Waals surface area contributed by atoms with Gasteiger partial charge in [0.1, 0.15) is 18.9 Å². The Morgan fingerprint density at radius 2 is 2.13 bits per heavy atom. The molecule has 0 saturated carbocycles. The van der Waals surface area contributed by atoms with E-state index in [9.17, 15) is 9.59 Å². The largest absolute Gasteiger partial charge is 0.491 e. The third kappa shape index (κ3) is 5.71. The molecule has 0 spiro atoms. The minimum atomic E-state index is -0.199. The van der Waals surface area contributed by atoms with Crippen molar-refractivity contribution < 1.29 is 14.3 Å². The Bertz CT molecular complexity index is 917. The highest BCUT2D eigenvalue weighted by atomic mass is 35.5. The summed E-state index contributed by atoms with van der Waals surface area (Å²) < 4.78 is 6.09. The summed E-state index contributed by atoms with van der Waals surface area (Å²) in [4.78, 5) is 30.4. The van der Waals surface area contributed by atoms with E-state index < -0.39 is 0 Å². The van der Waals surface area contributed by atoms with Gasteiger partial charge in [0, 0.05) is 29.5 Å². The molecule has 1 aliphatic rings. The third-order valence-electron chi connectivity index (χ3n) is 5.39. The van der Waals surface area contributed by atoms with E-state index >= 15 is 0 Å². The molecule has 168 valence electrons. The van der Waals surface area contributed by atoms with Gasteiger partial charge in [0.25, 0.3) is 0 Å². The first-order valence-corrected chi connectivity index (χ1v) is 12.0. The van der Waals surface area contributed by atoms with Gasteiger partial charge >= 0.3 is 6.03 Å². The van der Waals surface area contributed by atoms with Crippen LogP contribution in [0.25, 0.3) is 0 Å². The van der Waals surface area contributed by atoms with Gasteiger partial charge in [-0.25, -0.2) is 4.79 Å². The van der Waals surface area contributed by atoms with Crippen LogP contribution in [0.2, 0.25) is 5.02 Å². The van der Waals surface area contributed by atoms with E-state index in [-0.39, 0.29) is 24.5 Å². The summed E-state index contributed by atoms with van der Waals surface area (Å²) in [7, 11) is 0. The van der Waals surface area contributed by atoms with Crippen molar-refractivity contribution in [2.45, 2.75) is 39.7 Å². The van der Waals surface area contributed by atoms with Gasteiger partial charge < -0.3 is 19.9 Å². The van der Waals surface area contributed by atoms with Crippen LogP contribution in [0.15, 0.2) is 29.6 Å². The van der Waals surface area contributed by atoms with E-state index in [1.54, 1.807) is 16.2 Å². The van der Waals surface area contributed by atoms with Gasteiger partial charge in [-0.05, 0) is 67.5 Å². The summed E-state index contributed by atoms with van der Waals surface area (Å²) in [5.74, 6) is 0.670. The summed E-state index contributed by atoms with van der Waals surface area (Å²) in [6.45, 7) is 7.92. The summed E-state index contributed by atoms with van der Waals surface area (Å²) in [5.41, 5.74) is 2.08. The molecular weight excluding hydrogens is 434 g/mol. The van der Waals surface area contributed by atoms with Gasteiger partial charge in [-0.1, -0.05) is 18.5 Å². The van der Waals surface area contributed by atoms with Crippen molar-refractivity contribution in [3.8, 4) is 5.75 Å². The number of carbonyl (C=O) groups excluding carboxylic acids is 2. The molecule has 0 unspecified atom stereocenters. The maximum atomic E-state index is 13.3. The number of urea groups is 1. The Labute approximate surface area is 193 Å². The Hall–Kier alpha value is -2.25. The number of carbonyl (C=O) groups is 2. The molecule has 0 radical (unpaired) electrons. The predicted octanol–water partition coefficient (Wildman–Crippen LogP) is 4.66. The highest BCUT2D eigenvalue weighted by molar-refractivity contribution is 7.10. The molecule has 0 fully saturated rings. The number of thiophene rings is 1. The summed E-state index contributed by atoms with van der Waals surface area (Å²) in [6, 6.07) is 7.27. The van der Waals surface area contributed by atoms with Crippen molar-refractivity contribution in [2.24, 2.45) is 0 Å². The van der Waals surface area contributed by atoms with Crippen molar-refractivity contribution in [2.75, 3.05) is 32.8 Å². The maximum absolute atomic E-state index is 13.3. The van der Waals surface area contributed by atoms with Crippen LogP contribution in [0.3, 0.4) is 0 Å². The Morgan fingerprint density at radius 1 is 1.32 bits per heavy atom. The van der Waals surface area contributed by atoms with Gasteiger partial charge in [-0.2, -0.15) is 0 Å². The van der Waals surface area contributed by atoms with Crippen molar-refractivity contribution in [3.63, 3.8) is 0 Å². The second-order valence-corrected chi connectivity index (χ2v) is 9.04. The van der Waals surface area contributed by atoms with Crippen LogP contribution in [0.5, 0.6) is 5.75 Å². The Balaban J connectivity index is 1.76. The maximum Gasteiger partial charge on any atom is 0.317 e. The third-order valence-corrected chi connectivity index (χ3v) is 6.81. The summed E-state index contributed by atoms with van der Waals surface area (Å²) in [5, 5.41) is 5.56. The molecule has 2 heterocycles. The molecule has 2 aromatic rings. The van der Waals surface area contributed by atoms with Crippen molar-refractivity contribution in [1.82, 2.24) is 15.1 Å². The van der Waals surface area contributed by atoms with Gasteiger partial charge in [-0.15, -0.1) is 11.3 Å². The van der Waals surface area contributed by atoms with Crippen LogP contribution in [-0.4, -0.2) is 54.5 Å². The number of rotatable bonds is 8. The molecule has 1 atom stereocenters. The molecule has 1 N–H and O–H groups in total. The van der Waals surface area contributed by atoms with E-state index in [0.717, 1.165) is 29.7 Å². The molecule has 31 heavy (non-hydrogen) atoms. The number of hydrogen-bond acceptors (Lipinski definition) is 4. The standard InChI is InChI=1S/C23H30ClN3O3S/c1-4-10-26(23(29)25-5-2)14-22(28)27-11-8-21-18(9-12-31-21)20(27)15-30-17-6-7-19(24)16(3)13-17/h6-7,9,12-13,20H,4-5,8,10-11,14-15H2,1-3H3,(H,25,29)/t20-/m0/s1. The summed E-state index contributed by atoms with van der Waals surface area (Å²) in [6.07, 6.45) is 1.62. The highest BCUT2D eigenvalue weighted by Gasteiger charge is 2.33. The lowest BCUT2D eigenvalue weighted by molar-refractivity contribution is -0.135. The van der Waals surface area contributed by atoms with Crippen LogP contribution in [0.4, 0.5) is 4.79 Å². The molecule has 3 rings (SSSR count). The fourth-order valence-electron chi connectivity index (χ4n) is 3.80. The van der Waals surface area contributed by atoms with Gasteiger partial charge in [0.15, 0.2) is 0 Å². The van der Waals surface area contributed by atoms with E-state index in [1.807, 2.05) is 43.9 Å². The molecule has 6 nitrogen and oxygen atoms in total. The van der Waals surface area contributed by atoms with E-state index in [4.69, 9.17) is 16.3 Å². The number of aryl methyl sites for hydroxylation is 1. The van der Waals surface area contributed by atoms with Crippen LogP contribution >= 0.6 is 22.9 Å². The second-order valence-electron chi connectivity index (χ2n) is 7.63. The van der Waals surface area contributed by atoms with E-state index in [0.29, 0.717) is 31.3 Å². The van der Waals surface area contributed by atoms with Crippen LogP contribution in [-0.2, 0) is 11.2 Å². The Morgan fingerprint density at radius 3 is 2.84 bits per heavy atom. The quantitative estimate of drug-likeness (QED) is 0.619. The monoisotopic (exact) mass is 463 g/mol. The molecule has 0 aliphatic carbocycles. The molecule has 0 bridgehead atoms. The first-order chi connectivity index (χ1) is 14.9. The molecule has 3 amide bonds. The topological polar surface area (TPSA) is 61.9 Å². The lowest BCUT2D eigenvalue weighted by Crippen LogP contribution is -2.50. The lowest BCUT2D eigenvalue weighted by Gasteiger charge is -2.37. The van der Waals surface area contributed by atoms with Gasteiger partial charge in [0.05, 0.1) is 6.04 Å². The van der Waals surface area contributed by atoms with Gasteiger partial charge in [0.2, 0.25) is 5.91 Å². The predicted molar refractivity (Wildman–Crippen MR) is 125 cm³/mol. The van der Waals surface area contributed by atoms with Crippen molar-refractivity contribution in [1.29, 1.82) is 0 Å². The second kappa shape index (κ2) is 10.9. The fourth-order valence-corrected chi connectivity index (χ4v) is 4.84. The van der Waals surface area contributed by atoms with E-state index in [1.165, 1.54) is 4.88 Å². The zero-order valence-corrected chi connectivity index (χ0v) is 19.9. The molecule has 1 aliphatic heterocycles. The zero-order chi connectivity index (χ0) is 22.4. The average Bonchev–Trinajstić information content (AvgIpc) is 3.23. The molecule has 0 saturated heterocycles. The summed E-state index contributed by atoms with van der Waals surface area (Å²) >= 11 is 7.84. The lowest BCUT2D eigenvalue weighted by atomic mass is 10.0. The van der Waals surface area contributed by atoms with Crippen molar-refractivity contribution in [3.05, 3.63) is 50.7 Å². The highest BCUT2D eigenvalue weighted by Crippen LogP contribution is 2.34. The Kier molecular flexibility index (Phi) is 8.21. The fraction of sp³-hybridized carbons (Fsp3) is 0.478. The number of benzene rings is 1. The number of ether oxygens (including phenoxy) is 1. The normalized spacial score (nSPS) is 15.4. The molecule has 8 heteroatoms. The van der Waals surface area contributed by atoms with Crippen LogP contribution in [0.1, 0.15) is 42.3 Å². The smallest absolute Gasteiger partial charge is 0.317 e. The average molecular weight is 464 g/mol. The first-order valence-electron chi connectivity index (χ1n) is 10.7. The number of hydrogen-bond donors (Lipinski definition) is 1. The minimum absolute atomic E-state index is 0.0579. The molecule has 1 aromatic carbocycles. The zero-order valence-electron chi connectivity index (χ0n) is 18.3. The minimum Gasteiger partial charge on any atom is -0.491 e.